The number of thiazole rings is 1. The lowest BCUT2D eigenvalue weighted by Gasteiger charge is -2.38. The van der Waals surface area contributed by atoms with E-state index in [-0.39, 0.29) is 24.3 Å². The molecule has 3 heterocycles. The topological polar surface area (TPSA) is 120 Å². The zero-order valence-corrected chi connectivity index (χ0v) is 18.2. The summed E-state index contributed by atoms with van der Waals surface area (Å²) in [6, 6.07) is 5.54. The number of aliphatic imine (C=N–C) groups is 1. The molecule has 1 aromatic heterocycles. The molecule has 33 heavy (non-hydrogen) atoms. The van der Waals surface area contributed by atoms with Crippen LogP contribution in [0.1, 0.15) is 17.5 Å². The molecule has 2 aliphatic heterocycles. The quantitative estimate of drug-likeness (QED) is 0.634. The van der Waals surface area contributed by atoms with E-state index < -0.39 is 29.6 Å². The van der Waals surface area contributed by atoms with Crippen molar-refractivity contribution in [3.63, 3.8) is 0 Å². The summed E-state index contributed by atoms with van der Waals surface area (Å²) in [5.74, 6) is -1.71. The van der Waals surface area contributed by atoms with E-state index in [2.05, 4.69) is 21.4 Å². The Labute approximate surface area is 191 Å². The monoisotopic (exact) mass is 475 g/mol. The number of carbonyl (C=O) groups is 1. The van der Waals surface area contributed by atoms with Gasteiger partial charge in [0.15, 0.2) is 28.7 Å². The minimum absolute atomic E-state index is 0.0370. The van der Waals surface area contributed by atoms with E-state index >= 15 is 0 Å². The first-order valence-electron chi connectivity index (χ1n) is 9.89. The summed E-state index contributed by atoms with van der Waals surface area (Å²) < 4.78 is 38.0. The number of nitriles is 1. The second-order valence-electron chi connectivity index (χ2n) is 7.47. The Morgan fingerprint density at radius 2 is 2.30 bits per heavy atom. The standard InChI is InChI=1S/C21H19F2N5O4S/c1-21(12-2-3-14(22)15(23)8-12)13(9-24)16(26-18(27-21)19-25-4-7-33-19)10-28-5-6-31-11-17(28)32-20(29)30/h2-4,7-8,17H,5-6,10-11H2,1H3,(H,26,27)(H,29,30)/t17-,21?/m0/s1. The van der Waals surface area contributed by atoms with E-state index in [0.29, 0.717) is 29.7 Å². The number of rotatable bonds is 5. The van der Waals surface area contributed by atoms with Crippen LogP contribution in [0.4, 0.5) is 13.6 Å². The molecule has 2 aromatic rings. The highest BCUT2D eigenvalue weighted by molar-refractivity contribution is 7.11. The van der Waals surface area contributed by atoms with Crippen LogP contribution < -0.4 is 5.32 Å². The Bertz CT molecular complexity index is 1160. The first-order chi connectivity index (χ1) is 15.8. The fourth-order valence-electron chi connectivity index (χ4n) is 3.78. The van der Waals surface area contributed by atoms with Gasteiger partial charge in [-0.3, -0.25) is 4.90 Å². The van der Waals surface area contributed by atoms with Crippen molar-refractivity contribution >= 4 is 23.3 Å². The number of halogens is 2. The SMILES string of the molecule is CC1(c2ccc(F)c(F)c2)N=C(c2nccs2)NC(CN2CCOC[C@@H]2OC(=O)O)=C1C#N. The maximum atomic E-state index is 14.1. The molecule has 9 nitrogen and oxygen atoms in total. The highest BCUT2D eigenvalue weighted by atomic mass is 32.1. The summed E-state index contributed by atoms with van der Waals surface area (Å²) in [5, 5.41) is 24.6. The van der Waals surface area contributed by atoms with Crippen molar-refractivity contribution in [3.05, 3.63) is 63.3 Å². The first kappa shape index (κ1) is 22.8. The van der Waals surface area contributed by atoms with Crippen molar-refractivity contribution in [1.82, 2.24) is 15.2 Å². The fraction of sp³-hybridized carbons (Fsp3) is 0.333. The van der Waals surface area contributed by atoms with Gasteiger partial charge in [0, 0.05) is 30.4 Å². The number of hydrogen-bond donors (Lipinski definition) is 2. The van der Waals surface area contributed by atoms with Gasteiger partial charge in [0.05, 0.1) is 24.9 Å². The third kappa shape index (κ3) is 4.56. The van der Waals surface area contributed by atoms with E-state index in [0.717, 1.165) is 12.1 Å². The lowest BCUT2D eigenvalue weighted by molar-refractivity contribution is -0.115. The highest BCUT2D eigenvalue weighted by Gasteiger charge is 2.40. The lowest BCUT2D eigenvalue weighted by atomic mass is 9.82. The number of aromatic nitrogens is 1. The molecule has 1 saturated heterocycles. The Morgan fingerprint density at radius 3 is 2.97 bits per heavy atom. The maximum absolute atomic E-state index is 14.1. The van der Waals surface area contributed by atoms with Gasteiger partial charge in [-0.1, -0.05) is 6.07 Å². The van der Waals surface area contributed by atoms with Crippen molar-refractivity contribution in [3.8, 4) is 6.07 Å². The molecule has 1 unspecified atom stereocenters. The smallest absolute Gasteiger partial charge is 0.450 e. The molecule has 0 amide bonds. The van der Waals surface area contributed by atoms with Crippen molar-refractivity contribution in [1.29, 1.82) is 5.26 Å². The summed E-state index contributed by atoms with van der Waals surface area (Å²) in [4.78, 5) is 21.8. The van der Waals surface area contributed by atoms with Gasteiger partial charge in [0.25, 0.3) is 0 Å². The highest BCUT2D eigenvalue weighted by Crippen LogP contribution is 2.38. The molecule has 0 bridgehead atoms. The van der Waals surface area contributed by atoms with Gasteiger partial charge in [0.2, 0.25) is 0 Å². The largest absolute Gasteiger partial charge is 0.507 e. The average Bonchev–Trinajstić information content (AvgIpc) is 3.31. The van der Waals surface area contributed by atoms with E-state index in [4.69, 9.17) is 14.6 Å². The van der Waals surface area contributed by atoms with Crippen LogP contribution in [0.3, 0.4) is 0 Å². The molecular weight excluding hydrogens is 456 g/mol. The summed E-state index contributed by atoms with van der Waals surface area (Å²) in [6.07, 6.45) is -0.721. The maximum Gasteiger partial charge on any atom is 0.507 e. The van der Waals surface area contributed by atoms with E-state index in [1.165, 1.54) is 17.4 Å². The van der Waals surface area contributed by atoms with Crippen molar-refractivity contribution < 1.29 is 28.2 Å². The van der Waals surface area contributed by atoms with Gasteiger partial charge in [0.1, 0.15) is 5.54 Å². The van der Waals surface area contributed by atoms with Crippen LogP contribution in [0.15, 0.2) is 46.0 Å². The minimum Gasteiger partial charge on any atom is -0.450 e. The molecule has 2 atom stereocenters. The number of ether oxygens (including phenoxy) is 2. The Balaban J connectivity index is 1.79. The molecule has 1 aromatic carbocycles. The van der Waals surface area contributed by atoms with Crippen molar-refractivity contribution in [2.24, 2.45) is 4.99 Å². The summed E-state index contributed by atoms with van der Waals surface area (Å²) >= 11 is 1.32. The zero-order valence-electron chi connectivity index (χ0n) is 17.4. The normalized spacial score (nSPS) is 23.5. The molecule has 172 valence electrons. The molecule has 12 heteroatoms. The second kappa shape index (κ2) is 9.22. The molecule has 0 radical (unpaired) electrons. The van der Waals surface area contributed by atoms with Crippen LogP contribution in [-0.4, -0.2) is 59.5 Å². The number of nitrogens with one attached hydrogen (secondary N) is 1. The van der Waals surface area contributed by atoms with Crippen LogP contribution in [0.5, 0.6) is 0 Å². The van der Waals surface area contributed by atoms with Crippen LogP contribution >= 0.6 is 11.3 Å². The van der Waals surface area contributed by atoms with Gasteiger partial charge in [-0.2, -0.15) is 5.26 Å². The number of carboxylic acid groups (broad SMARTS) is 1. The van der Waals surface area contributed by atoms with Crippen LogP contribution in [0.2, 0.25) is 0 Å². The molecule has 0 aliphatic carbocycles. The van der Waals surface area contributed by atoms with Crippen LogP contribution in [-0.2, 0) is 15.0 Å². The van der Waals surface area contributed by atoms with E-state index in [9.17, 15) is 18.8 Å². The Hall–Kier alpha value is -3.40. The van der Waals surface area contributed by atoms with Crippen LogP contribution in [0, 0.1) is 23.0 Å². The number of benzene rings is 1. The minimum atomic E-state index is -1.45. The molecule has 1 fully saturated rings. The Morgan fingerprint density at radius 1 is 1.48 bits per heavy atom. The van der Waals surface area contributed by atoms with Gasteiger partial charge < -0.3 is 19.9 Å². The van der Waals surface area contributed by atoms with Gasteiger partial charge >= 0.3 is 6.16 Å². The number of hydrogen-bond acceptors (Lipinski definition) is 9. The zero-order chi connectivity index (χ0) is 23.6. The van der Waals surface area contributed by atoms with E-state index in [1.54, 1.807) is 23.4 Å². The lowest BCUT2D eigenvalue weighted by Crippen LogP contribution is -2.51. The predicted octanol–water partition coefficient (Wildman–Crippen LogP) is 2.82. The molecule has 2 N–H and O–H groups in total. The predicted molar refractivity (Wildman–Crippen MR) is 113 cm³/mol. The number of nitrogens with zero attached hydrogens (tertiary/aromatic N) is 4. The number of amidine groups is 1. The molecule has 4 rings (SSSR count). The average molecular weight is 475 g/mol. The first-order valence-corrected chi connectivity index (χ1v) is 10.8. The second-order valence-corrected chi connectivity index (χ2v) is 8.37. The van der Waals surface area contributed by atoms with Crippen molar-refractivity contribution in [2.45, 2.75) is 18.7 Å². The summed E-state index contributed by atoms with van der Waals surface area (Å²) in [6.45, 7) is 2.48. The number of morpholine rings is 1. The molecule has 0 spiro atoms. The third-order valence-electron chi connectivity index (χ3n) is 5.41. The van der Waals surface area contributed by atoms with E-state index in [1.807, 2.05) is 0 Å². The van der Waals surface area contributed by atoms with Gasteiger partial charge in [-0.15, -0.1) is 11.3 Å². The summed E-state index contributed by atoms with van der Waals surface area (Å²) in [7, 11) is 0. The molecule has 2 aliphatic rings. The van der Waals surface area contributed by atoms with Crippen molar-refractivity contribution in [2.75, 3.05) is 26.3 Å². The van der Waals surface area contributed by atoms with Crippen LogP contribution in [0.25, 0.3) is 0 Å². The van der Waals surface area contributed by atoms with Gasteiger partial charge in [-0.05, 0) is 24.6 Å². The molecule has 0 saturated carbocycles. The molecular formula is C21H19F2N5O4S. The third-order valence-corrected chi connectivity index (χ3v) is 6.19. The van der Waals surface area contributed by atoms with Gasteiger partial charge in [-0.25, -0.2) is 23.6 Å². The summed E-state index contributed by atoms with van der Waals surface area (Å²) in [5.41, 5.74) is -0.466. The Kier molecular flexibility index (Phi) is 6.37. The fourth-order valence-corrected chi connectivity index (χ4v) is 4.36.